The molecule has 2 aromatic rings. The Hall–Kier alpha value is -1.52. The molecule has 0 aromatic heterocycles. The van der Waals surface area contributed by atoms with Gasteiger partial charge < -0.3 is 11.1 Å². The first-order valence-corrected chi connectivity index (χ1v) is 6.77. The van der Waals surface area contributed by atoms with E-state index < -0.39 is 0 Å². The van der Waals surface area contributed by atoms with Gasteiger partial charge in [-0.2, -0.15) is 0 Å². The summed E-state index contributed by atoms with van der Waals surface area (Å²) < 4.78 is 0.906. The van der Waals surface area contributed by atoms with Gasteiger partial charge in [0.05, 0.1) is 10.7 Å². The van der Waals surface area contributed by atoms with Gasteiger partial charge >= 0.3 is 0 Å². The molecule has 0 saturated carbocycles. The first-order chi connectivity index (χ1) is 8.97. The van der Waals surface area contributed by atoms with E-state index in [1.54, 1.807) is 18.2 Å². The SMILES string of the molecule is Cc1ccc(Br)cc1NC(=O)c1ccc(N)c(Cl)c1. The highest BCUT2D eigenvalue weighted by Crippen LogP contribution is 2.23. The largest absolute Gasteiger partial charge is 0.398 e. The predicted molar refractivity (Wildman–Crippen MR) is 82.7 cm³/mol. The van der Waals surface area contributed by atoms with E-state index in [0.717, 1.165) is 15.7 Å². The molecule has 98 valence electrons. The highest BCUT2D eigenvalue weighted by molar-refractivity contribution is 9.10. The van der Waals surface area contributed by atoms with E-state index in [0.29, 0.717) is 16.3 Å². The van der Waals surface area contributed by atoms with Gasteiger partial charge in [0.1, 0.15) is 0 Å². The number of aryl methyl sites for hydroxylation is 1. The molecule has 0 aliphatic heterocycles. The molecule has 0 saturated heterocycles. The van der Waals surface area contributed by atoms with Gasteiger partial charge in [0.2, 0.25) is 0 Å². The maximum absolute atomic E-state index is 12.1. The van der Waals surface area contributed by atoms with Crippen molar-refractivity contribution < 1.29 is 4.79 Å². The smallest absolute Gasteiger partial charge is 0.255 e. The van der Waals surface area contributed by atoms with Crippen LogP contribution in [0.5, 0.6) is 0 Å². The van der Waals surface area contributed by atoms with Crippen molar-refractivity contribution in [1.82, 2.24) is 0 Å². The summed E-state index contributed by atoms with van der Waals surface area (Å²) in [5, 5.41) is 3.22. The van der Waals surface area contributed by atoms with E-state index in [1.807, 2.05) is 25.1 Å². The molecule has 3 N–H and O–H groups in total. The predicted octanol–water partition coefficient (Wildman–Crippen LogP) is 4.25. The lowest BCUT2D eigenvalue weighted by molar-refractivity contribution is 0.102. The maximum Gasteiger partial charge on any atom is 0.255 e. The van der Waals surface area contributed by atoms with Crippen LogP contribution in [0.15, 0.2) is 40.9 Å². The van der Waals surface area contributed by atoms with Gasteiger partial charge in [-0.1, -0.05) is 33.6 Å². The minimum Gasteiger partial charge on any atom is -0.398 e. The minimum absolute atomic E-state index is 0.219. The Morgan fingerprint density at radius 1 is 1.26 bits per heavy atom. The third kappa shape index (κ3) is 3.28. The lowest BCUT2D eigenvalue weighted by Gasteiger charge is -2.09. The zero-order valence-electron chi connectivity index (χ0n) is 10.2. The highest BCUT2D eigenvalue weighted by atomic mass is 79.9. The molecule has 19 heavy (non-hydrogen) atoms. The molecule has 0 fully saturated rings. The number of hydrogen-bond donors (Lipinski definition) is 2. The van der Waals surface area contributed by atoms with Crippen LogP contribution in [-0.4, -0.2) is 5.91 Å². The molecule has 3 nitrogen and oxygen atoms in total. The fourth-order valence-electron chi connectivity index (χ4n) is 1.59. The number of nitrogens with two attached hydrogens (primary N) is 1. The Labute approximate surface area is 124 Å². The van der Waals surface area contributed by atoms with Crippen LogP contribution >= 0.6 is 27.5 Å². The number of benzene rings is 2. The lowest BCUT2D eigenvalue weighted by Crippen LogP contribution is -2.13. The Kier molecular flexibility index (Phi) is 4.12. The summed E-state index contributed by atoms with van der Waals surface area (Å²) in [6.07, 6.45) is 0. The summed E-state index contributed by atoms with van der Waals surface area (Å²) in [6.45, 7) is 1.93. The lowest BCUT2D eigenvalue weighted by atomic mass is 10.1. The molecule has 0 aliphatic carbocycles. The third-order valence-electron chi connectivity index (χ3n) is 2.71. The zero-order chi connectivity index (χ0) is 14.0. The Morgan fingerprint density at radius 2 is 2.00 bits per heavy atom. The van der Waals surface area contributed by atoms with Crippen molar-refractivity contribution in [2.75, 3.05) is 11.1 Å². The number of rotatable bonds is 2. The van der Waals surface area contributed by atoms with E-state index in [9.17, 15) is 4.79 Å². The molecule has 0 radical (unpaired) electrons. The van der Waals surface area contributed by atoms with Crippen molar-refractivity contribution in [2.24, 2.45) is 0 Å². The number of anilines is 2. The van der Waals surface area contributed by atoms with E-state index >= 15 is 0 Å². The average Bonchev–Trinajstić information content (AvgIpc) is 2.37. The van der Waals surface area contributed by atoms with Gasteiger partial charge in [-0.15, -0.1) is 0 Å². The molecule has 0 unspecified atom stereocenters. The Balaban J connectivity index is 2.25. The van der Waals surface area contributed by atoms with Crippen LogP contribution in [0.2, 0.25) is 5.02 Å². The van der Waals surface area contributed by atoms with Crippen molar-refractivity contribution in [2.45, 2.75) is 6.92 Å². The topological polar surface area (TPSA) is 55.1 Å². The van der Waals surface area contributed by atoms with Gasteiger partial charge in [0.15, 0.2) is 0 Å². The molecule has 2 aromatic carbocycles. The molecule has 1 amide bonds. The van der Waals surface area contributed by atoms with Gasteiger partial charge in [0, 0.05) is 15.7 Å². The molecule has 5 heteroatoms. The number of carbonyl (C=O) groups is 1. The number of hydrogen-bond acceptors (Lipinski definition) is 2. The molecule has 0 heterocycles. The van der Waals surface area contributed by atoms with Crippen LogP contribution in [-0.2, 0) is 0 Å². The highest BCUT2D eigenvalue weighted by Gasteiger charge is 2.09. The maximum atomic E-state index is 12.1. The normalized spacial score (nSPS) is 10.3. The Bertz CT molecular complexity index is 643. The van der Waals surface area contributed by atoms with Crippen molar-refractivity contribution >= 4 is 44.8 Å². The second-order valence-electron chi connectivity index (χ2n) is 4.15. The van der Waals surface area contributed by atoms with Gasteiger partial charge in [0.25, 0.3) is 5.91 Å². The first kappa shape index (κ1) is 13.9. The summed E-state index contributed by atoms with van der Waals surface area (Å²) in [7, 11) is 0. The van der Waals surface area contributed by atoms with Crippen LogP contribution in [0.3, 0.4) is 0 Å². The van der Waals surface area contributed by atoms with E-state index in [4.69, 9.17) is 17.3 Å². The standard InChI is InChI=1S/C14H12BrClN2O/c1-8-2-4-10(15)7-13(8)18-14(19)9-3-5-12(17)11(16)6-9/h2-7H,17H2,1H3,(H,18,19). The minimum atomic E-state index is -0.219. The van der Waals surface area contributed by atoms with Crippen molar-refractivity contribution in [3.8, 4) is 0 Å². The van der Waals surface area contributed by atoms with Crippen LogP contribution in [0.25, 0.3) is 0 Å². The van der Waals surface area contributed by atoms with Gasteiger partial charge in [-0.3, -0.25) is 4.79 Å². The number of nitrogens with one attached hydrogen (secondary N) is 1. The number of carbonyl (C=O) groups excluding carboxylic acids is 1. The number of nitrogen functional groups attached to an aromatic ring is 1. The average molecular weight is 340 g/mol. The fourth-order valence-corrected chi connectivity index (χ4v) is 2.13. The molecule has 0 bridgehead atoms. The van der Waals surface area contributed by atoms with Crippen LogP contribution in [0.1, 0.15) is 15.9 Å². The van der Waals surface area contributed by atoms with E-state index in [1.165, 1.54) is 0 Å². The molecule has 0 atom stereocenters. The molecule has 0 aliphatic rings. The van der Waals surface area contributed by atoms with Crippen molar-refractivity contribution in [3.63, 3.8) is 0 Å². The van der Waals surface area contributed by atoms with E-state index in [-0.39, 0.29) is 5.91 Å². The number of halogens is 2. The molecule has 2 rings (SSSR count). The third-order valence-corrected chi connectivity index (χ3v) is 3.53. The molecular weight excluding hydrogens is 328 g/mol. The second-order valence-corrected chi connectivity index (χ2v) is 5.47. The molecule has 0 spiro atoms. The quantitative estimate of drug-likeness (QED) is 0.804. The van der Waals surface area contributed by atoms with Gasteiger partial charge in [-0.05, 0) is 42.8 Å². The van der Waals surface area contributed by atoms with Crippen LogP contribution in [0.4, 0.5) is 11.4 Å². The molecular formula is C14H12BrClN2O. The summed E-state index contributed by atoms with van der Waals surface area (Å²) in [5.41, 5.74) is 8.28. The van der Waals surface area contributed by atoms with Crippen molar-refractivity contribution in [1.29, 1.82) is 0 Å². The van der Waals surface area contributed by atoms with Gasteiger partial charge in [-0.25, -0.2) is 0 Å². The summed E-state index contributed by atoms with van der Waals surface area (Å²) in [5.74, 6) is -0.219. The summed E-state index contributed by atoms with van der Waals surface area (Å²) in [4.78, 5) is 12.1. The summed E-state index contributed by atoms with van der Waals surface area (Å²) >= 11 is 9.28. The fraction of sp³-hybridized carbons (Fsp3) is 0.0714. The zero-order valence-corrected chi connectivity index (χ0v) is 12.5. The number of amides is 1. The second kappa shape index (κ2) is 5.63. The van der Waals surface area contributed by atoms with Crippen molar-refractivity contribution in [3.05, 3.63) is 57.0 Å². The summed E-state index contributed by atoms with van der Waals surface area (Å²) in [6, 6.07) is 10.5. The monoisotopic (exact) mass is 338 g/mol. The van der Waals surface area contributed by atoms with Crippen LogP contribution < -0.4 is 11.1 Å². The first-order valence-electron chi connectivity index (χ1n) is 5.60. The van der Waals surface area contributed by atoms with E-state index in [2.05, 4.69) is 21.2 Å². The Morgan fingerprint density at radius 3 is 2.68 bits per heavy atom. The van der Waals surface area contributed by atoms with Crippen LogP contribution in [0, 0.1) is 6.92 Å².